The third kappa shape index (κ3) is 4.57. The predicted molar refractivity (Wildman–Crippen MR) is 61.1 cm³/mol. The van der Waals surface area contributed by atoms with E-state index in [2.05, 4.69) is 5.32 Å². The van der Waals surface area contributed by atoms with Gasteiger partial charge in [0.2, 0.25) is 0 Å². The van der Waals surface area contributed by atoms with E-state index in [1.165, 1.54) is 6.07 Å². The van der Waals surface area contributed by atoms with Gasteiger partial charge in [-0.15, -0.1) is 0 Å². The lowest BCUT2D eigenvalue weighted by Gasteiger charge is -2.15. The number of carbonyl (C=O) groups excluding carboxylic acids is 1. The molecule has 1 heterocycles. The molecule has 0 aliphatic carbocycles. The third-order valence-electron chi connectivity index (χ3n) is 2.43. The van der Waals surface area contributed by atoms with Crippen molar-refractivity contribution in [3.8, 4) is 0 Å². The Morgan fingerprint density at radius 3 is 2.55 bits per heavy atom. The van der Waals surface area contributed by atoms with Gasteiger partial charge in [0, 0.05) is 19.2 Å². The normalized spacial score (nSPS) is 13.0. The van der Waals surface area contributed by atoms with Gasteiger partial charge in [-0.2, -0.15) is 13.2 Å². The number of nitrogens with one attached hydrogen (secondary N) is 1. The molecule has 1 rings (SSSR count). The summed E-state index contributed by atoms with van der Waals surface area (Å²) in [6, 6.07) is 1.04. The molecule has 0 saturated carbocycles. The highest BCUT2D eigenvalue weighted by atomic mass is 19.4. The second-order valence-corrected chi connectivity index (χ2v) is 4.01. The maximum absolute atomic E-state index is 12.3. The van der Waals surface area contributed by atoms with Crippen LogP contribution in [0.15, 0.2) is 18.3 Å². The van der Waals surface area contributed by atoms with Crippen LogP contribution >= 0.6 is 0 Å². The van der Waals surface area contributed by atoms with Crippen LogP contribution in [0.4, 0.5) is 13.2 Å². The SMILES string of the molecule is O=C(N[C@H](CCO)C(=O)O)c1cccn1CC(F)(F)F. The minimum atomic E-state index is -4.49. The Labute approximate surface area is 111 Å². The summed E-state index contributed by atoms with van der Waals surface area (Å²) in [6.45, 7) is -1.82. The lowest BCUT2D eigenvalue weighted by molar-refractivity contribution is -0.141. The molecular formula is C11H13F3N2O4. The van der Waals surface area contributed by atoms with E-state index in [0.717, 1.165) is 12.3 Å². The van der Waals surface area contributed by atoms with E-state index < -0.39 is 37.2 Å². The van der Waals surface area contributed by atoms with E-state index in [1.54, 1.807) is 0 Å². The van der Waals surface area contributed by atoms with Crippen molar-refractivity contribution in [2.45, 2.75) is 25.2 Å². The summed E-state index contributed by atoms with van der Waals surface area (Å²) >= 11 is 0. The van der Waals surface area contributed by atoms with Gasteiger partial charge < -0.3 is 20.1 Å². The van der Waals surface area contributed by atoms with Gasteiger partial charge in [0.05, 0.1) is 0 Å². The van der Waals surface area contributed by atoms with Crippen LogP contribution < -0.4 is 5.32 Å². The number of carbonyl (C=O) groups is 2. The number of aliphatic hydroxyl groups is 1. The highest BCUT2D eigenvalue weighted by Crippen LogP contribution is 2.19. The molecule has 1 aromatic rings. The zero-order valence-electron chi connectivity index (χ0n) is 10.2. The molecule has 112 valence electrons. The molecule has 1 atom stereocenters. The molecule has 9 heteroatoms. The number of halogens is 3. The molecular weight excluding hydrogens is 281 g/mol. The highest BCUT2D eigenvalue weighted by molar-refractivity contribution is 5.95. The Morgan fingerprint density at radius 1 is 1.40 bits per heavy atom. The summed E-state index contributed by atoms with van der Waals surface area (Å²) in [5.74, 6) is -2.32. The number of amides is 1. The molecule has 20 heavy (non-hydrogen) atoms. The highest BCUT2D eigenvalue weighted by Gasteiger charge is 2.30. The molecule has 0 bridgehead atoms. The number of carboxylic acids is 1. The van der Waals surface area contributed by atoms with Gasteiger partial charge >= 0.3 is 12.1 Å². The summed E-state index contributed by atoms with van der Waals surface area (Å²) in [5, 5.41) is 19.5. The Kier molecular flexibility index (Phi) is 5.14. The second kappa shape index (κ2) is 6.42. The van der Waals surface area contributed by atoms with Crippen LogP contribution in [0.2, 0.25) is 0 Å². The topological polar surface area (TPSA) is 91.6 Å². The molecule has 0 radical (unpaired) electrons. The lowest BCUT2D eigenvalue weighted by Crippen LogP contribution is -2.42. The van der Waals surface area contributed by atoms with E-state index in [0.29, 0.717) is 4.57 Å². The van der Waals surface area contributed by atoms with Crippen molar-refractivity contribution in [1.29, 1.82) is 0 Å². The molecule has 1 amide bonds. The fraction of sp³-hybridized carbons (Fsp3) is 0.455. The van der Waals surface area contributed by atoms with Crippen LogP contribution in [0.25, 0.3) is 0 Å². The van der Waals surface area contributed by atoms with E-state index in [4.69, 9.17) is 10.2 Å². The molecule has 3 N–H and O–H groups in total. The van der Waals surface area contributed by atoms with Crippen molar-refractivity contribution in [3.05, 3.63) is 24.0 Å². The van der Waals surface area contributed by atoms with Gasteiger partial charge in [0.15, 0.2) is 0 Å². The van der Waals surface area contributed by atoms with Gasteiger partial charge in [-0.3, -0.25) is 4.79 Å². The lowest BCUT2D eigenvalue weighted by atomic mass is 10.2. The third-order valence-corrected chi connectivity index (χ3v) is 2.43. The summed E-state index contributed by atoms with van der Waals surface area (Å²) in [4.78, 5) is 22.6. The van der Waals surface area contributed by atoms with Crippen LogP contribution in [0.3, 0.4) is 0 Å². The molecule has 0 spiro atoms. The minimum absolute atomic E-state index is 0.235. The first-order chi connectivity index (χ1) is 9.24. The first-order valence-corrected chi connectivity index (χ1v) is 5.61. The summed E-state index contributed by atoms with van der Waals surface area (Å²) in [7, 11) is 0. The van der Waals surface area contributed by atoms with Crippen LogP contribution in [0.5, 0.6) is 0 Å². The number of aromatic nitrogens is 1. The first kappa shape index (κ1) is 16.0. The number of aliphatic carboxylic acids is 1. The number of hydrogen-bond acceptors (Lipinski definition) is 3. The van der Waals surface area contributed by atoms with Gasteiger partial charge in [-0.25, -0.2) is 4.79 Å². The number of nitrogens with zero attached hydrogens (tertiary/aromatic N) is 1. The van der Waals surface area contributed by atoms with Crippen LogP contribution in [0, 0.1) is 0 Å². The number of carboxylic acid groups (broad SMARTS) is 1. The Hall–Kier alpha value is -2.03. The molecule has 0 unspecified atom stereocenters. The van der Waals surface area contributed by atoms with Crippen molar-refractivity contribution in [2.75, 3.05) is 6.61 Å². The van der Waals surface area contributed by atoms with Crippen LogP contribution in [-0.2, 0) is 11.3 Å². The average Bonchev–Trinajstić information content (AvgIpc) is 2.73. The monoisotopic (exact) mass is 294 g/mol. The van der Waals surface area contributed by atoms with Crippen molar-refractivity contribution < 1.29 is 33.0 Å². The van der Waals surface area contributed by atoms with Gasteiger partial charge in [-0.1, -0.05) is 0 Å². The van der Waals surface area contributed by atoms with E-state index >= 15 is 0 Å². The van der Waals surface area contributed by atoms with E-state index in [9.17, 15) is 22.8 Å². The molecule has 6 nitrogen and oxygen atoms in total. The van der Waals surface area contributed by atoms with Gasteiger partial charge in [0.1, 0.15) is 18.3 Å². The van der Waals surface area contributed by atoms with Crippen molar-refractivity contribution in [2.24, 2.45) is 0 Å². The average molecular weight is 294 g/mol. The molecule has 0 fully saturated rings. The molecule has 1 aromatic heterocycles. The smallest absolute Gasteiger partial charge is 0.406 e. The second-order valence-electron chi connectivity index (χ2n) is 4.01. The zero-order valence-corrected chi connectivity index (χ0v) is 10.2. The minimum Gasteiger partial charge on any atom is -0.480 e. The summed E-state index contributed by atoms with van der Waals surface area (Å²) in [5.41, 5.74) is -0.300. The van der Waals surface area contributed by atoms with Crippen molar-refractivity contribution >= 4 is 11.9 Å². The standard InChI is InChI=1S/C11H13F3N2O4/c12-11(13,14)6-16-4-1-2-8(16)9(18)15-7(3-5-17)10(19)20/h1-2,4,7,17H,3,5-6H2,(H,15,18)(H,19,20)/t7-/m1/s1. The van der Waals surface area contributed by atoms with Crippen molar-refractivity contribution in [1.82, 2.24) is 9.88 Å². The predicted octanol–water partition coefficient (Wildman–Crippen LogP) is 0.616. The Balaban J connectivity index is 2.82. The molecule has 0 saturated heterocycles. The number of alkyl halides is 3. The van der Waals surface area contributed by atoms with E-state index in [-0.39, 0.29) is 12.1 Å². The molecule has 0 aliphatic rings. The van der Waals surface area contributed by atoms with Crippen molar-refractivity contribution in [3.63, 3.8) is 0 Å². The fourth-order valence-electron chi connectivity index (χ4n) is 1.57. The first-order valence-electron chi connectivity index (χ1n) is 5.61. The van der Waals surface area contributed by atoms with Gasteiger partial charge in [0.25, 0.3) is 5.91 Å². The fourth-order valence-corrected chi connectivity index (χ4v) is 1.57. The quantitative estimate of drug-likeness (QED) is 0.717. The number of aliphatic hydroxyl groups excluding tert-OH is 1. The van der Waals surface area contributed by atoms with Crippen LogP contribution in [-0.4, -0.2) is 45.5 Å². The summed E-state index contributed by atoms with van der Waals surface area (Å²) < 4.78 is 37.6. The number of hydrogen-bond donors (Lipinski definition) is 3. The zero-order chi connectivity index (χ0) is 15.3. The maximum atomic E-state index is 12.3. The van der Waals surface area contributed by atoms with Gasteiger partial charge in [-0.05, 0) is 12.1 Å². The maximum Gasteiger partial charge on any atom is 0.406 e. The molecule has 0 aliphatic heterocycles. The Morgan fingerprint density at radius 2 is 2.05 bits per heavy atom. The number of rotatable bonds is 6. The van der Waals surface area contributed by atoms with E-state index in [1.807, 2.05) is 0 Å². The van der Waals surface area contributed by atoms with Crippen LogP contribution in [0.1, 0.15) is 16.9 Å². The Bertz CT molecular complexity index is 484. The molecule has 0 aromatic carbocycles. The summed E-state index contributed by atoms with van der Waals surface area (Å²) in [6.07, 6.45) is -3.66. The largest absolute Gasteiger partial charge is 0.480 e.